The van der Waals surface area contributed by atoms with E-state index in [0.717, 1.165) is 62.4 Å². The molecule has 1 atom stereocenters. The van der Waals surface area contributed by atoms with E-state index in [4.69, 9.17) is 9.72 Å². The number of aryl methyl sites for hydroxylation is 1. The summed E-state index contributed by atoms with van der Waals surface area (Å²) >= 11 is 1.97. The van der Waals surface area contributed by atoms with E-state index >= 15 is 0 Å². The maximum Gasteiger partial charge on any atom is 0.144 e. The van der Waals surface area contributed by atoms with Crippen molar-refractivity contribution in [2.45, 2.75) is 69.5 Å². The first-order chi connectivity index (χ1) is 11.5. The minimum Gasteiger partial charge on any atom is -0.376 e. The largest absolute Gasteiger partial charge is 0.376 e. The number of nitrogens with one attached hydrogen (secondary N) is 1. The number of hydrogen-bond donors (Lipinski definition) is 1. The zero-order chi connectivity index (χ0) is 17.2. The normalized spacial score (nSPS) is 22.0. The lowest BCUT2D eigenvalue weighted by Gasteiger charge is -2.33. The van der Waals surface area contributed by atoms with Gasteiger partial charge >= 0.3 is 0 Å². The highest BCUT2D eigenvalue weighted by molar-refractivity contribution is 7.99. The first-order valence-corrected chi connectivity index (χ1v) is 9.96. The molecule has 1 aromatic heterocycles. The highest BCUT2D eigenvalue weighted by Gasteiger charge is 2.31. The van der Waals surface area contributed by atoms with Gasteiger partial charge in [0.05, 0.1) is 11.7 Å². The molecule has 3 heterocycles. The Bertz CT molecular complexity index is 645. The summed E-state index contributed by atoms with van der Waals surface area (Å²) in [6.45, 7) is 8.31. The van der Waals surface area contributed by atoms with Gasteiger partial charge in [-0.1, -0.05) is 27.2 Å². The van der Waals surface area contributed by atoms with E-state index in [1.54, 1.807) is 0 Å². The molecule has 4 nitrogen and oxygen atoms in total. The van der Waals surface area contributed by atoms with Crippen LogP contribution in [-0.4, -0.2) is 29.0 Å². The number of thioether (sulfide) groups is 1. The molecule has 130 valence electrons. The van der Waals surface area contributed by atoms with Gasteiger partial charge in [-0.2, -0.15) is 17.0 Å². The highest BCUT2D eigenvalue weighted by Crippen LogP contribution is 2.42. The number of ether oxygens (including phenoxy) is 1. The second kappa shape index (κ2) is 7.33. The Labute approximate surface area is 149 Å². The summed E-state index contributed by atoms with van der Waals surface area (Å²) in [6.07, 6.45) is 5.45. The Balaban J connectivity index is 1.95. The fraction of sp³-hybridized carbons (Fsp3) is 0.684. The Morgan fingerprint density at radius 1 is 1.42 bits per heavy atom. The molecule has 1 fully saturated rings. The van der Waals surface area contributed by atoms with Gasteiger partial charge < -0.3 is 10.1 Å². The average molecular weight is 346 g/mol. The quantitative estimate of drug-likeness (QED) is 0.872. The first-order valence-electron chi connectivity index (χ1n) is 8.98. The molecular weight excluding hydrogens is 318 g/mol. The predicted octanol–water partition coefficient (Wildman–Crippen LogP) is 4.06. The number of pyridine rings is 1. The topological polar surface area (TPSA) is 57.9 Å². The van der Waals surface area contributed by atoms with E-state index in [1.807, 2.05) is 11.8 Å². The van der Waals surface area contributed by atoms with Crippen LogP contribution in [-0.2, 0) is 23.3 Å². The summed E-state index contributed by atoms with van der Waals surface area (Å²) in [5, 5.41) is 13.2. The van der Waals surface area contributed by atoms with E-state index in [0.29, 0.717) is 0 Å². The van der Waals surface area contributed by atoms with E-state index in [-0.39, 0.29) is 10.9 Å². The molecule has 24 heavy (non-hydrogen) atoms. The molecule has 1 saturated heterocycles. The van der Waals surface area contributed by atoms with E-state index < -0.39 is 0 Å². The van der Waals surface area contributed by atoms with Crippen molar-refractivity contribution in [3.63, 3.8) is 0 Å². The van der Waals surface area contributed by atoms with Gasteiger partial charge in [-0.25, -0.2) is 4.98 Å². The third-order valence-corrected chi connectivity index (χ3v) is 6.19. The molecule has 0 aromatic carbocycles. The summed E-state index contributed by atoms with van der Waals surface area (Å²) in [5.74, 6) is 1.73. The van der Waals surface area contributed by atoms with Crippen molar-refractivity contribution in [2.24, 2.45) is 0 Å². The molecule has 0 radical (unpaired) electrons. The lowest BCUT2D eigenvalue weighted by atomic mass is 9.91. The molecule has 0 aliphatic carbocycles. The number of nitrogens with zero attached hydrogens (tertiary/aromatic N) is 2. The lowest BCUT2D eigenvalue weighted by molar-refractivity contribution is 0.120. The SMILES string of the molecule is CCCc1nc(NC[C@@H]2CCCO2)c(C#N)c2c1CSC(C)(C)C2. The van der Waals surface area contributed by atoms with Gasteiger partial charge in [-0.15, -0.1) is 0 Å². The number of hydrogen-bond acceptors (Lipinski definition) is 5. The highest BCUT2D eigenvalue weighted by atomic mass is 32.2. The van der Waals surface area contributed by atoms with Crippen molar-refractivity contribution in [2.75, 3.05) is 18.5 Å². The Morgan fingerprint density at radius 3 is 2.92 bits per heavy atom. The maximum atomic E-state index is 9.79. The Hall–Kier alpha value is -1.25. The molecular formula is C19H27N3OS. The minimum atomic E-state index is 0.176. The third-order valence-electron chi connectivity index (χ3n) is 4.83. The van der Waals surface area contributed by atoms with E-state index in [2.05, 4.69) is 32.2 Å². The van der Waals surface area contributed by atoms with Crippen LogP contribution in [0, 0.1) is 11.3 Å². The molecule has 1 N–H and O–H groups in total. The molecule has 0 bridgehead atoms. The van der Waals surface area contributed by atoms with Gasteiger partial charge in [0.25, 0.3) is 0 Å². The fourth-order valence-corrected chi connectivity index (χ4v) is 4.67. The van der Waals surface area contributed by atoms with Crippen LogP contribution in [0.5, 0.6) is 0 Å². The van der Waals surface area contributed by atoms with Crippen LogP contribution < -0.4 is 5.32 Å². The second-order valence-electron chi connectivity index (χ2n) is 7.34. The number of fused-ring (bicyclic) bond motifs is 1. The van der Waals surface area contributed by atoms with Gasteiger partial charge in [0.15, 0.2) is 0 Å². The summed E-state index contributed by atoms with van der Waals surface area (Å²) in [5.41, 5.74) is 4.44. The number of nitriles is 1. The van der Waals surface area contributed by atoms with Crippen LogP contribution in [0.3, 0.4) is 0 Å². The average Bonchev–Trinajstić information content (AvgIpc) is 3.05. The van der Waals surface area contributed by atoms with Gasteiger partial charge in [0, 0.05) is 29.3 Å². The first kappa shape index (κ1) is 17.6. The Morgan fingerprint density at radius 2 is 2.25 bits per heavy atom. The van der Waals surface area contributed by atoms with Crippen LogP contribution in [0.1, 0.15) is 62.4 Å². The van der Waals surface area contributed by atoms with Crippen molar-refractivity contribution in [1.29, 1.82) is 5.26 Å². The van der Waals surface area contributed by atoms with Crippen molar-refractivity contribution in [3.05, 3.63) is 22.4 Å². The number of aromatic nitrogens is 1. The van der Waals surface area contributed by atoms with Crippen molar-refractivity contribution in [1.82, 2.24) is 4.98 Å². The zero-order valence-corrected chi connectivity index (χ0v) is 15.8. The standard InChI is InChI=1S/C19H27N3OS/c1-4-6-17-16-12-24-19(2,3)9-14(16)15(10-20)18(22-17)21-11-13-7-5-8-23-13/h13H,4-9,11-12H2,1-3H3,(H,21,22)/t13-/m0/s1. The van der Waals surface area contributed by atoms with Crippen molar-refractivity contribution >= 4 is 17.6 Å². The molecule has 2 aliphatic rings. The molecule has 2 aliphatic heterocycles. The van der Waals surface area contributed by atoms with Crippen LogP contribution in [0.15, 0.2) is 0 Å². The maximum absolute atomic E-state index is 9.79. The molecule has 1 aromatic rings. The Kier molecular flexibility index (Phi) is 5.36. The van der Waals surface area contributed by atoms with E-state index in [1.165, 1.54) is 16.8 Å². The molecule has 0 unspecified atom stereocenters. The summed E-state index contributed by atoms with van der Waals surface area (Å²) in [6, 6.07) is 2.43. The van der Waals surface area contributed by atoms with E-state index in [9.17, 15) is 5.26 Å². The lowest BCUT2D eigenvalue weighted by Crippen LogP contribution is -2.27. The number of anilines is 1. The molecule has 0 saturated carbocycles. The van der Waals surface area contributed by atoms with Crippen LogP contribution in [0.2, 0.25) is 0 Å². The van der Waals surface area contributed by atoms with Gasteiger partial charge in [-0.3, -0.25) is 0 Å². The van der Waals surface area contributed by atoms with Crippen LogP contribution >= 0.6 is 11.8 Å². The predicted molar refractivity (Wildman–Crippen MR) is 99.5 cm³/mol. The minimum absolute atomic E-state index is 0.176. The summed E-state index contributed by atoms with van der Waals surface area (Å²) in [7, 11) is 0. The summed E-state index contributed by atoms with van der Waals surface area (Å²) < 4.78 is 5.87. The van der Waals surface area contributed by atoms with Crippen LogP contribution in [0.25, 0.3) is 0 Å². The van der Waals surface area contributed by atoms with Crippen LogP contribution in [0.4, 0.5) is 5.82 Å². The fourth-order valence-electron chi connectivity index (χ4n) is 3.54. The monoisotopic (exact) mass is 345 g/mol. The summed E-state index contributed by atoms with van der Waals surface area (Å²) in [4.78, 5) is 4.85. The smallest absolute Gasteiger partial charge is 0.144 e. The van der Waals surface area contributed by atoms with Gasteiger partial charge in [0.2, 0.25) is 0 Å². The third kappa shape index (κ3) is 3.70. The number of rotatable bonds is 5. The molecule has 0 spiro atoms. The second-order valence-corrected chi connectivity index (χ2v) is 9.02. The molecule has 5 heteroatoms. The van der Waals surface area contributed by atoms with Crippen molar-refractivity contribution < 1.29 is 4.74 Å². The molecule has 3 rings (SSSR count). The van der Waals surface area contributed by atoms with Gasteiger partial charge in [-0.05, 0) is 36.8 Å². The van der Waals surface area contributed by atoms with Gasteiger partial charge in [0.1, 0.15) is 11.9 Å². The molecule has 0 amide bonds. The van der Waals surface area contributed by atoms with Crippen molar-refractivity contribution in [3.8, 4) is 6.07 Å². The zero-order valence-electron chi connectivity index (χ0n) is 14.9.